The van der Waals surface area contributed by atoms with Gasteiger partial charge in [-0.2, -0.15) is 0 Å². The monoisotopic (exact) mass is 291 g/mol. The van der Waals surface area contributed by atoms with Gasteiger partial charge in [-0.05, 0) is 26.3 Å². The Bertz CT molecular complexity index is 527. The maximum absolute atomic E-state index is 12.3. The van der Waals surface area contributed by atoms with E-state index in [1.165, 1.54) is 0 Å². The van der Waals surface area contributed by atoms with Gasteiger partial charge in [-0.15, -0.1) is 0 Å². The van der Waals surface area contributed by atoms with Gasteiger partial charge in [-0.25, -0.2) is 0 Å². The first-order chi connectivity index (χ1) is 9.97. The third-order valence-electron chi connectivity index (χ3n) is 3.57. The summed E-state index contributed by atoms with van der Waals surface area (Å²) >= 11 is 0. The molecule has 1 heterocycles. The average molecular weight is 291 g/mol. The minimum Gasteiger partial charge on any atom is -0.491 e. The zero-order valence-corrected chi connectivity index (χ0v) is 12.4. The summed E-state index contributed by atoms with van der Waals surface area (Å²) in [4.78, 5) is 24.9. The topological polar surface area (TPSA) is 66.8 Å². The molecule has 21 heavy (non-hydrogen) atoms. The highest BCUT2D eigenvalue weighted by Gasteiger charge is 2.30. The Balaban J connectivity index is 2.02. The number of hydrogen-bond donors (Lipinski definition) is 1. The van der Waals surface area contributed by atoms with Crippen molar-refractivity contribution >= 4 is 11.9 Å². The molecule has 1 unspecified atom stereocenters. The van der Waals surface area contributed by atoms with Crippen molar-refractivity contribution in [3.8, 4) is 5.75 Å². The highest BCUT2D eigenvalue weighted by molar-refractivity contribution is 5.81. The number of ether oxygens (including phenoxy) is 1. The molecule has 114 valence electrons. The van der Waals surface area contributed by atoms with E-state index in [-0.39, 0.29) is 18.4 Å². The van der Waals surface area contributed by atoms with Crippen LogP contribution in [0.5, 0.6) is 5.75 Å². The smallest absolute Gasteiger partial charge is 0.308 e. The molecule has 0 bridgehead atoms. The van der Waals surface area contributed by atoms with Crippen LogP contribution in [0.3, 0.4) is 0 Å². The van der Waals surface area contributed by atoms with Crippen LogP contribution in [-0.4, -0.2) is 41.1 Å². The summed E-state index contributed by atoms with van der Waals surface area (Å²) in [6.45, 7) is 4.71. The Kier molecular flexibility index (Phi) is 4.83. The fourth-order valence-corrected chi connectivity index (χ4v) is 2.48. The maximum Gasteiger partial charge on any atom is 0.308 e. The van der Waals surface area contributed by atoms with Gasteiger partial charge >= 0.3 is 5.97 Å². The molecule has 5 nitrogen and oxygen atoms in total. The molecule has 0 spiro atoms. The van der Waals surface area contributed by atoms with Crippen molar-refractivity contribution in [2.45, 2.75) is 32.8 Å². The molecule has 2 rings (SSSR count). The van der Waals surface area contributed by atoms with E-state index < -0.39 is 11.9 Å². The lowest BCUT2D eigenvalue weighted by atomic mass is 10.1. The molecule has 1 N–H and O–H groups in total. The third kappa shape index (κ3) is 3.97. The Hall–Kier alpha value is -2.04. The van der Waals surface area contributed by atoms with Crippen molar-refractivity contribution in [2.24, 2.45) is 5.92 Å². The number of likely N-dealkylation sites (tertiary alicyclic amines) is 1. The second-order valence-electron chi connectivity index (χ2n) is 5.61. The molecule has 1 aromatic carbocycles. The predicted molar refractivity (Wildman–Crippen MR) is 78.2 cm³/mol. The highest BCUT2D eigenvalue weighted by Crippen LogP contribution is 2.22. The van der Waals surface area contributed by atoms with Gasteiger partial charge < -0.3 is 14.7 Å². The van der Waals surface area contributed by atoms with Crippen molar-refractivity contribution in [3.05, 3.63) is 29.8 Å². The minimum atomic E-state index is -0.825. The van der Waals surface area contributed by atoms with Gasteiger partial charge in [0.1, 0.15) is 5.75 Å². The van der Waals surface area contributed by atoms with Crippen LogP contribution in [0.2, 0.25) is 0 Å². The summed E-state index contributed by atoms with van der Waals surface area (Å²) in [5, 5.41) is 8.99. The first-order valence-corrected chi connectivity index (χ1v) is 7.22. The second-order valence-corrected chi connectivity index (χ2v) is 5.61. The fourth-order valence-electron chi connectivity index (χ4n) is 2.48. The number of hydrogen-bond acceptors (Lipinski definition) is 3. The largest absolute Gasteiger partial charge is 0.491 e. The number of carboxylic acid groups (broad SMARTS) is 1. The molecule has 1 aliphatic rings. The van der Waals surface area contributed by atoms with Crippen LogP contribution in [0, 0.1) is 5.92 Å². The van der Waals surface area contributed by atoms with Crippen LogP contribution in [0.1, 0.15) is 25.8 Å². The maximum atomic E-state index is 12.3. The summed E-state index contributed by atoms with van der Waals surface area (Å²) in [5.41, 5.74) is 0.843. The van der Waals surface area contributed by atoms with Gasteiger partial charge in [0, 0.05) is 18.7 Å². The highest BCUT2D eigenvalue weighted by atomic mass is 16.5. The number of carbonyl (C=O) groups excluding carboxylic acids is 1. The SMILES string of the molecule is CC(C)Oc1ccccc1CC(=O)N1CCC(C(=O)O)C1. The molecule has 0 saturated carbocycles. The summed E-state index contributed by atoms with van der Waals surface area (Å²) in [6.07, 6.45) is 0.824. The summed E-state index contributed by atoms with van der Waals surface area (Å²) in [7, 11) is 0. The number of amides is 1. The Morgan fingerprint density at radius 1 is 1.38 bits per heavy atom. The lowest BCUT2D eigenvalue weighted by molar-refractivity contribution is -0.141. The van der Waals surface area contributed by atoms with Crippen molar-refractivity contribution in [1.29, 1.82) is 0 Å². The van der Waals surface area contributed by atoms with E-state index in [9.17, 15) is 9.59 Å². The third-order valence-corrected chi connectivity index (χ3v) is 3.57. The van der Waals surface area contributed by atoms with Gasteiger partial charge in [0.05, 0.1) is 18.4 Å². The molecule has 1 fully saturated rings. The lowest BCUT2D eigenvalue weighted by Gasteiger charge is -2.18. The van der Waals surface area contributed by atoms with Crippen molar-refractivity contribution in [2.75, 3.05) is 13.1 Å². The average Bonchev–Trinajstić information content (AvgIpc) is 2.90. The Morgan fingerprint density at radius 3 is 2.71 bits per heavy atom. The number of benzene rings is 1. The van der Waals surface area contributed by atoms with E-state index in [1.807, 2.05) is 38.1 Å². The van der Waals surface area contributed by atoms with E-state index in [0.717, 1.165) is 11.3 Å². The molecule has 1 atom stereocenters. The zero-order chi connectivity index (χ0) is 15.4. The van der Waals surface area contributed by atoms with Crippen LogP contribution in [0.4, 0.5) is 0 Å². The first kappa shape index (κ1) is 15.4. The summed E-state index contributed by atoms with van der Waals surface area (Å²) < 4.78 is 5.70. The van der Waals surface area contributed by atoms with Crippen molar-refractivity contribution in [1.82, 2.24) is 4.90 Å². The Labute approximate surface area is 124 Å². The van der Waals surface area contributed by atoms with Crippen LogP contribution < -0.4 is 4.74 Å². The fraction of sp³-hybridized carbons (Fsp3) is 0.500. The lowest BCUT2D eigenvalue weighted by Crippen LogP contribution is -2.31. The molecular formula is C16H21NO4. The molecule has 1 saturated heterocycles. The first-order valence-electron chi connectivity index (χ1n) is 7.22. The summed E-state index contributed by atoms with van der Waals surface area (Å²) in [5.74, 6) is -0.585. The standard InChI is InChI=1S/C16H21NO4/c1-11(2)21-14-6-4-3-5-12(14)9-15(18)17-8-7-13(10-17)16(19)20/h3-6,11,13H,7-10H2,1-2H3,(H,19,20). The zero-order valence-electron chi connectivity index (χ0n) is 12.4. The number of carbonyl (C=O) groups is 2. The van der Waals surface area contributed by atoms with Crippen molar-refractivity contribution in [3.63, 3.8) is 0 Å². The Morgan fingerprint density at radius 2 is 2.10 bits per heavy atom. The van der Waals surface area contributed by atoms with E-state index in [2.05, 4.69) is 0 Å². The molecular weight excluding hydrogens is 270 g/mol. The van der Waals surface area contributed by atoms with Gasteiger partial charge in [0.15, 0.2) is 0 Å². The molecule has 1 aliphatic heterocycles. The van der Waals surface area contributed by atoms with Crippen LogP contribution in [-0.2, 0) is 16.0 Å². The van der Waals surface area contributed by atoms with Gasteiger partial charge in [-0.3, -0.25) is 9.59 Å². The molecule has 0 aliphatic carbocycles. The van der Waals surface area contributed by atoms with Crippen LogP contribution >= 0.6 is 0 Å². The summed E-state index contributed by atoms with van der Waals surface area (Å²) in [6, 6.07) is 7.48. The van der Waals surface area contributed by atoms with E-state index in [1.54, 1.807) is 4.90 Å². The number of nitrogens with zero attached hydrogens (tertiary/aromatic N) is 1. The molecule has 0 aromatic heterocycles. The normalized spacial score (nSPS) is 18.0. The molecule has 1 aromatic rings. The van der Waals surface area contributed by atoms with Gasteiger partial charge in [0.2, 0.25) is 5.91 Å². The van der Waals surface area contributed by atoms with Gasteiger partial charge in [0.25, 0.3) is 0 Å². The molecule has 1 amide bonds. The number of rotatable bonds is 5. The quantitative estimate of drug-likeness (QED) is 0.900. The van der Waals surface area contributed by atoms with Crippen molar-refractivity contribution < 1.29 is 19.4 Å². The minimum absolute atomic E-state index is 0.0430. The molecule has 5 heteroatoms. The van der Waals surface area contributed by atoms with Crippen LogP contribution in [0.15, 0.2) is 24.3 Å². The number of aliphatic carboxylic acids is 1. The van der Waals surface area contributed by atoms with Crippen LogP contribution in [0.25, 0.3) is 0 Å². The van der Waals surface area contributed by atoms with E-state index >= 15 is 0 Å². The van der Waals surface area contributed by atoms with E-state index in [4.69, 9.17) is 9.84 Å². The number of carboxylic acids is 1. The molecule has 0 radical (unpaired) electrons. The van der Waals surface area contributed by atoms with E-state index in [0.29, 0.717) is 19.5 Å². The number of para-hydroxylation sites is 1. The second kappa shape index (κ2) is 6.61. The van der Waals surface area contributed by atoms with Gasteiger partial charge in [-0.1, -0.05) is 18.2 Å². The predicted octanol–water partition coefficient (Wildman–Crippen LogP) is 1.95.